The van der Waals surface area contributed by atoms with Crippen LogP contribution in [0.15, 0.2) is 23.1 Å². The quantitative estimate of drug-likeness (QED) is 0.643. The van der Waals surface area contributed by atoms with Crippen molar-refractivity contribution in [2.45, 2.75) is 39.7 Å². The lowest BCUT2D eigenvalue weighted by molar-refractivity contribution is 0.482. The average Bonchev–Trinajstić information content (AvgIpc) is 2.69. The number of nitrogens with zero attached hydrogens (tertiary/aromatic N) is 5. The first kappa shape index (κ1) is 20.7. The molecule has 1 atom stereocenters. The van der Waals surface area contributed by atoms with Gasteiger partial charge < -0.3 is 10.2 Å². The first-order valence-electron chi connectivity index (χ1n) is 10.0. The third-order valence-electron chi connectivity index (χ3n) is 5.35. The van der Waals surface area contributed by atoms with Gasteiger partial charge in [0.1, 0.15) is 5.82 Å². The number of fused-ring (bicyclic) bond motifs is 1. The predicted molar refractivity (Wildman–Crippen MR) is 116 cm³/mol. The standard InChI is InChI=1S/C21H24ClFN6O/c1-11(2)16-17(12(3)5-6-25-16)29-20-14(9-15(23)18(22)26-20)19(27-21(29)30)28-8-7-24-13(4)10-28/h5-6,9,11,13,24H,7-8,10H2,1-4H3/t13-/m1/s1. The Bertz CT molecular complexity index is 1180. The van der Waals surface area contributed by atoms with Gasteiger partial charge in [0.05, 0.1) is 16.8 Å². The van der Waals surface area contributed by atoms with Gasteiger partial charge in [0.25, 0.3) is 0 Å². The Balaban J connectivity index is 2.07. The Kier molecular flexibility index (Phi) is 5.46. The van der Waals surface area contributed by atoms with Gasteiger partial charge in [-0.2, -0.15) is 4.98 Å². The molecule has 4 rings (SSSR count). The Morgan fingerprint density at radius 1 is 1.33 bits per heavy atom. The number of piperazine rings is 1. The van der Waals surface area contributed by atoms with Gasteiger partial charge >= 0.3 is 5.69 Å². The van der Waals surface area contributed by atoms with Crippen molar-refractivity contribution in [3.05, 3.63) is 51.0 Å². The second kappa shape index (κ2) is 7.92. The lowest BCUT2D eigenvalue weighted by Crippen LogP contribution is -2.50. The molecule has 0 saturated carbocycles. The first-order chi connectivity index (χ1) is 14.3. The summed E-state index contributed by atoms with van der Waals surface area (Å²) in [5.74, 6) is -0.158. The van der Waals surface area contributed by atoms with E-state index in [1.165, 1.54) is 10.6 Å². The van der Waals surface area contributed by atoms with Crippen LogP contribution in [0.4, 0.5) is 10.2 Å². The van der Waals surface area contributed by atoms with Crippen molar-refractivity contribution in [3.63, 3.8) is 0 Å². The minimum atomic E-state index is -0.646. The maximum atomic E-state index is 14.4. The molecule has 0 bridgehead atoms. The van der Waals surface area contributed by atoms with Crippen molar-refractivity contribution in [1.82, 2.24) is 24.8 Å². The van der Waals surface area contributed by atoms with Gasteiger partial charge in [0.15, 0.2) is 16.6 Å². The molecule has 1 fully saturated rings. The van der Waals surface area contributed by atoms with Crippen LogP contribution in [0.25, 0.3) is 16.7 Å². The van der Waals surface area contributed by atoms with Gasteiger partial charge in [-0.1, -0.05) is 25.4 Å². The number of aromatic nitrogens is 4. The van der Waals surface area contributed by atoms with Crippen LogP contribution in [0.5, 0.6) is 0 Å². The Morgan fingerprint density at radius 2 is 2.10 bits per heavy atom. The summed E-state index contributed by atoms with van der Waals surface area (Å²) in [4.78, 5) is 28.4. The Hall–Kier alpha value is -2.58. The van der Waals surface area contributed by atoms with Crippen molar-refractivity contribution in [2.75, 3.05) is 24.5 Å². The molecule has 158 valence electrons. The van der Waals surface area contributed by atoms with E-state index in [1.807, 2.05) is 31.7 Å². The average molecular weight is 431 g/mol. The molecule has 0 aliphatic carbocycles. The molecule has 1 aliphatic heterocycles. The smallest absolute Gasteiger partial charge is 0.353 e. The molecule has 7 nitrogen and oxygen atoms in total. The van der Waals surface area contributed by atoms with Crippen LogP contribution >= 0.6 is 11.6 Å². The molecule has 3 aromatic rings. The fourth-order valence-electron chi connectivity index (χ4n) is 3.94. The van der Waals surface area contributed by atoms with E-state index < -0.39 is 11.5 Å². The molecule has 0 spiro atoms. The number of hydrogen-bond donors (Lipinski definition) is 1. The van der Waals surface area contributed by atoms with Crippen molar-refractivity contribution >= 4 is 28.5 Å². The van der Waals surface area contributed by atoms with E-state index in [1.54, 1.807) is 6.20 Å². The van der Waals surface area contributed by atoms with Gasteiger partial charge in [-0.3, -0.25) is 4.98 Å². The van der Waals surface area contributed by atoms with E-state index in [2.05, 4.69) is 27.2 Å². The summed E-state index contributed by atoms with van der Waals surface area (Å²) >= 11 is 6.04. The van der Waals surface area contributed by atoms with E-state index in [-0.39, 0.29) is 22.8 Å². The van der Waals surface area contributed by atoms with Crippen molar-refractivity contribution in [3.8, 4) is 5.69 Å². The normalized spacial score (nSPS) is 17.2. The molecule has 9 heteroatoms. The first-order valence-corrected chi connectivity index (χ1v) is 10.4. The maximum absolute atomic E-state index is 14.4. The summed E-state index contributed by atoms with van der Waals surface area (Å²) in [6.45, 7) is 10.0. The van der Waals surface area contributed by atoms with Crippen LogP contribution < -0.4 is 15.9 Å². The minimum Gasteiger partial charge on any atom is -0.353 e. The Labute approximate surface area is 178 Å². The summed E-state index contributed by atoms with van der Waals surface area (Å²) in [5, 5.41) is 3.52. The minimum absolute atomic E-state index is 0.0615. The Morgan fingerprint density at radius 3 is 2.80 bits per heavy atom. The number of hydrogen-bond acceptors (Lipinski definition) is 6. The summed E-state index contributed by atoms with van der Waals surface area (Å²) in [5.41, 5.74) is 2.00. The molecule has 1 N–H and O–H groups in total. The fraction of sp³-hybridized carbons (Fsp3) is 0.429. The highest BCUT2D eigenvalue weighted by molar-refractivity contribution is 6.30. The second-order valence-corrected chi connectivity index (χ2v) is 8.36. The third kappa shape index (κ3) is 3.54. The highest BCUT2D eigenvalue weighted by Crippen LogP contribution is 2.30. The number of aryl methyl sites for hydroxylation is 1. The highest BCUT2D eigenvalue weighted by Gasteiger charge is 2.25. The summed E-state index contributed by atoms with van der Waals surface area (Å²) < 4.78 is 15.9. The summed E-state index contributed by atoms with van der Waals surface area (Å²) in [7, 11) is 0. The van der Waals surface area contributed by atoms with E-state index in [0.717, 1.165) is 17.8 Å². The molecule has 0 radical (unpaired) electrons. The van der Waals surface area contributed by atoms with Crippen molar-refractivity contribution in [1.29, 1.82) is 0 Å². The van der Waals surface area contributed by atoms with E-state index in [0.29, 0.717) is 30.0 Å². The zero-order chi connectivity index (χ0) is 21.6. The third-order valence-corrected chi connectivity index (χ3v) is 5.62. The molecular weight excluding hydrogens is 407 g/mol. The van der Waals surface area contributed by atoms with Crippen molar-refractivity contribution in [2.24, 2.45) is 0 Å². The van der Waals surface area contributed by atoms with Crippen LogP contribution in [-0.2, 0) is 0 Å². The second-order valence-electron chi connectivity index (χ2n) is 8.00. The molecule has 0 amide bonds. The van der Waals surface area contributed by atoms with Crippen LogP contribution in [0, 0.1) is 12.7 Å². The molecule has 0 aromatic carbocycles. The van der Waals surface area contributed by atoms with Crippen LogP contribution in [-0.4, -0.2) is 45.2 Å². The lowest BCUT2D eigenvalue weighted by Gasteiger charge is -2.33. The molecule has 1 saturated heterocycles. The number of pyridine rings is 2. The fourth-order valence-corrected chi connectivity index (χ4v) is 4.07. The lowest BCUT2D eigenvalue weighted by atomic mass is 10.0. The summed E-state index contributed by atoms with van der Waals surface area (Å²) in [6, 6.07) is 3.36. The number of rotatable bonds is 3. The van der Waals surface area contributed by atoms with E-state index in [9.17, 15) is 9.18 Å². The predicted octanol–water partition coefficient (Wildman–Crippen LogP) is 3.20. The van der Waals surface area contributed by atoms with Gasteiger partial charge in [-0.05, 0) is 37.5 Å². The molecular formula is C21H24ClFN6O. The number of anilines is 1. The zero-order valence-electron chi connectivity index (χ0n) is 17.4. The number of nitrogens with one attached hydrogen (secondary N) is 1. The molecule has 30 heavy (non-hydrogen) atoms. The highest BCUT2D eigenvalue weighted by atomic mass is 35.5. The summed E-state index contributed by atoms with van der Waals surface area (Å²) in [6.07, 6.45) is 1.71. The maximum Gasteiger partial charge on any atom is 0.355 e. The van der Waals surface area contributed by atoms with E-state index >= 15 is 0 Å². The monoisotopic (exact) mass is 430 g/mol. The topological polar surface area (TPSA) is 75.9 Å². The van der Waals surface area contributed by atoms with Gasteiger partial charge in [0, 0.05) is 31.9 Å². The van der Waals surface area contributed by atoms with Crippen molar-refractivity contribution < 1.29 is 4.39 Å². The largest absolute Gasteiger partial charge is 0.355 e. The van der Waals surface area contributed by atoms with Gasteiger partial charge in [-0.25, -0.2) is 18.7 Å². The van der Waals surface area contributed by atoms with Gasteiger partial charge in [-0.15, -0.1) is 0 Å². The van der Waals surface area contributed by atoms with E-state index in [4.69, 9.17) is 11.6 Å². The molecule has 4 heterocycles. The van der Waals surface area contributed by atoms with Gasteiger partial charge in [0.2, 0.25) is 0 Å². The zero-order valence-corrected chi connectivity index (χ0v) is 18.2. The number of halogens is 2. The SMILES string of the molecule is Cc1ccnc(C(C)C)c1-n1c(=O)nc(N2CCN[C@H](C)C2)c2cc(F)c(Cl)nc21. The molecule has 1 aliphatic rings. The van der Waals surface area contributed by atoms with Crippen LogP contribution in [0.3, 0.4) is 0 Å². The van der Waals surface area contributed by atoms with Crippen LogP contribution in [0.2, 0.25) is 5.15 Å². The molecule has 3 aromatic heterocycles. The van der Waals surface area contributed by atoms with Crippen LogP contribution in [0.1, 0.15) is 37.9 Å². The molecule has 0 unspecified atom stereocenters.